The summed E-state index contributed by atoms with van der Waals surface area (Å²) in [7, 11) is 0. The fourth-order valence-electron chi connectivity index (χ4n) is 2.48. The molecule has 19 heavy (non-hydrogen) atoms. The Hall–Kier alpha value is -1.55. The molecule has 1 aromatic rings. The van der Waals surface area contributed by atoms with Crippen molar-refractivity contribution in [2.45, 2.75) is 25.7 Å². The molecule has 1 heterocycles. The summed E-state index contributed by atoms with van der Waals surface area (Å²) in [5.41, 5.74) is 7.41. The van der Waals surface area contributed by atoms with E-state index in [1.807, 2.05) is 31.2 Å². The van der Waals surface area contributed by atoms with E-state index in [2.05, 4.69) is 10.2 Å². The molecule has 3 N–H and O–H groups in total. The largest absolute Gasteiger partial charge is 0.399 e. The van der Waals surface area contributed by atoms with Crippen molar-refractivity contribution in [3.05, 3.63) is 29.8 Å². The number of nitrogen functional groups attached to an aromatic ring is 1. The first-order chi connectivity index (χ1) is 9.16. The van der Waals surface area contributed by atoms with Gasteiger partial charge in [-0.15, -0.1) is 0 Å². The van der Waals surface area contributed by atoms with Crippen molar-refractivity contribution in [2.24, 2.45) is 0 Å². The fraction of sp³-hybridized carbons (Fsp3) is 0.533. The summed E-state index contributed by atoms with van der Waals surface area (Å²) in [5, 5.41) is 3.01. The number of nitrogens with two attached hydrogens (primary N) is 1. The lowest BCUT2D eigenvalue weighted by molar-refractivity contribution is -0.122. The van der Waals surface area contributed by atoms with Gasteiger partial charge in [0.15, 0.2) is 0 Å². The maximum absolute atomic E-state index is 12.1. The average Bonchev–Trinajstić information content (AvgIpc) is 2.91. The molecule has 1 aliphatic heterocycles. The van der Waals surface area contributed by atoms with Gasteiger partial charge < -0.3 is 16.0 Å². The molecule has 2 rings (SSSR count). The second-order valence-corrected chi connectivity index (χ2v) is 5.23. The topological polar surface area (TPSA) is 58.4 Å². The van der Waals surface area contributed by atoms with Crippen molar-refractivity contribution in [3.63, 3.8) is 0 Å². The molecule has 1 amide bonds. The van der Waals surface area contributed by atoms with Gasteiger partial charge in [-0.25, -0.2) is 0 Å². The maximum atomic E-state index is 12.1. The first kappa shape index (κ1) is 13.9. The molecule has 1 atom stereocenters. The lowest BCUT2D eigenvalue weighted by atomic mass is 10.00. The molecule has 0 spiro atoms. The lowest BCUT2D eigenvalue weighted by Gasteiger charge is -2.17. The van der Waals surface area contributed by atoms with E-state index in [0.717, 1.165) is 18.7 Å². The number of carbonyl (C=O) groups excluding carboxylic acids is 1. The van der Waals surface area contributed by atoms with Crippen LogP contribution in [0.3, 0.4) is 0 Å². The third-order valence-corrected chi connectivity index (χ3v) is 3.73. The van der Waals surface area contributed by atoms with Crippen LogP contribution in [-0.2, 0) is 4.79 Å². The summed E-state index contributed by atoms with van der Waals surface area (Å²) >= 11 is 0. The van der Waals surface area contributed by atoms with Crippen molar-refractivity contribution in [1.82, 2.24) is 10.2 Å². The molecule has 1 aliphatic rings. The zero-order valence-electron chi connectivity index (χ0n) is 11.6. The van der Waals surface area contributed by atoms with E-state index < -0.39 is 0 Å². The van der Waals surface area contributed by atoms with E-state index in [1.165, 1.54) is 25.9 Å². The van der Waals surface area contributed by atoms with Gasteiger partial charge in [-0.05, 0) is 50.6 Å². The van der Waals surface area contributed by atoms with E-state index in [9.17, 15) is 4.79 Å². The van der Waals surface area contributed by atoms with Crippen LogP contribution >= 0.6 is 0 Å². The molecule has 0 bridgehead atoms. The van der Waals surface area contributed by atoms with Crippen LogP contribution in [0.1, 0.15) is 31.2 Å². The summed E-state index contributed by atoms with van der Waals surface area (Å²) in [6.07, 6.45) is 2.57. The van der Waals surface area contributed by atoms with Crippen LogP contribution in [0.4, 0.5) is 5.69 Å². The average molecular weight is 261 g/mol. The van der Waals surface area contributed by atoms with Crippen molar-refractivity contribution in [2.75, 3.05) is 31.9 Å². The molecule has 4 nitrogen and oxygen atoms in total. The van der Waals surface area contributed by atoms with Gasteiger partial charge in [0.25, 0.3) is 0 Å². The smallest absolute Gasteiger partial charge is 0.227 e. The number of benzene rings is 1. The van der Waals surface area contributed by atoms with Gasteiger partial charge in [0.2, 0.25) is 5.91 Å². The van der Waals surface area contributed by atoms with Gasteiger partial charge in [-0.1, -0.05) is 12.1 Å². The van der Waals surface area contributed by atoms with E-state index in [1.54, 1.807) is 0 Å². The summed E-state index contributed by atoms with van der Waals surface area (Å²) in [6, 6.07) is 7.53. The SMILES string of the molecule is CC(C(=O)NCCN1CCCC1)c1cccc(N)c1. The Kier molecular flexibility index (Phi) is 4.80. The molecule has 0 aromatic heterocycles. The highest BCUT2D eigenvalue weighted by molar-refractivity contribution is 5.83. The quantitative estimate of drug-likeness (QED) is 0.791. The second kappa shape index (κ2) is 6.57. The normalized spacial score (nSPS) is 17.3. The van der Waals surface area contributed by atoms with Gasteiger partial charge in [-0.2, -0.15) is 0 Å². The van der Waals surface area contributed by atoms with Crippen LogP contribution in [0, 0.1) is 0 Å². The Morgan fingerprint density at radius 2 is 2.16 bits per heavy atom. The minimum Gasteiger partial charge on any atom is -0.399 e. The number of rotatable bonds is 5. The zero-order chi connectivity index (χ0) is 13.7. The Labute approximate surface area is 115 Å². The monoisotopic (exact) mass is 261 g/mol. The predicted octanol–water partition coefficient (Wildman–Crippen LogP) is 1.58. The molecular weight excluding hydrogens is 238 g/mol. The predicted molar refractivity (Wildman–Crippen MR) is 78.0 cm³/mol. The Morgan fingerprint density at radius 1 is 1.42 bits per heavy atom. The van der Waals surface area contributed by atoms with Gasteiger partial charge in [0.1, 0.15) is 0 Å². The minimum absolute atomic E-state index is 0.0739. The van der Waals surface area contributed by atoms with Gasteiger partial charge >= 0.3 is 0 Å². The summed E-state index contributed by atoms with van der Waals surface area (Å²) in [6.45, 7) is 5.93. The van der Waals surface area contributed by atoms with Gasteiger partial charge in [-0.3, -0.25) is 4.79 Å². The molecule has 0 saturated carbocycles. The van der Waals surface area contributed by atoms with Crippen LogP contribution in [0.25, 0.3) is 0 Å². The number of carbonyl (C=O) groups is 1. The highest BCUT2D eigenvalue weighted by Crippen LogP contribution is 2.17. The van der Waals surface area contributed by atoms with Crippen molar-refractivity contribution in [1.29, 1.82) is 0 Å². The van der Waals surface area contributed by atoms with Gasteiger partial charge in [0.05, 0.1) is 5.92 Å². The number of nitrogens with one attached hydrogen (secondary N) is 1. The lowest BCUT2D eigenvalue weighted by Crippen LogP contribution is -2.35. The second-order valence-electron chi connectivity index (χ2n) is 5.23. The molecule has 1 unspecified atom stereocenters. The molecular formula is C15H23N3O. The van der Waals surface area contributed by atoms with Crippen molar-refractivity contribution in [3.8, 4) is 0 Å². The molecule has 1 aromatic carbocycles. The number of hydrogen-bond acceptors (Lipinski definition) is 3. The number of anilines is 1. The third-order valence-electron chi connectivity index (χ3n) is 3.73. The number of likely N-dealkylation sites (tertiary alicyclic amines) is 1. The summed E-state index contributed by atoms with van der Waals surface area (Å²) < 4.78 is 0. The van der Waals surface area contributed by atoms with Crippen LogP contribution in [0.5, 0.6) is 0 Å². The Morgan fingerprint density at radius 3 is 2.84 bits per heavy atom. The number of nitrogens with zero attached hydrogens (tertiary/aromatic N) is 1. The standard InChI is InChI=1S/C15H23N3O/c1-12(13-5-4-6-14(16)11-13)15(19)17-7-10-18-8-2-3-9-18/h4-6,11-12H,2-3,7-10,16H2,1H3,(H,17,19). The highest BCUT2D eigenvalue weighted by atomic mass is 16.1. The summed E-state index contributed by atoms with van der Waals surface area (Å²) in [4.78, 5) is 14.5. The van der Waals surface area contributed by atoms with E-state index in [0.29, 0.717) is 5.69 Å². The highest BCUT2D eigenvalue weighted by Gasteiger charge is 2.16. The maximum Gasteiger partial charge on any atom is 0.227 e. The molecule has 1 saturated heterocycles. The molecule has 4 heteroatoms. The van der Waals surface area contributed by atoms with Crippen LogP contribution in [-0.4, -0.2) is 37.0 Å². The molecule has 0 aliphatic carbocycles. The summed E-state index contributed by atoms with van der Waals surface area (Å²) in [5.74, 6) is -0.0770. The van der Waals surface area contributed by atoms with Crippen molar-refractivity contribution >= 4 is 11.6 Å². The van der Waals surface area contributed by atoms with Crippen LogP contribution in [0.2, 0.25) is 0 Å². The van der Waals surface area contributed by atoms with Crippen LogP contribution < -0.4 is 11.1 Å². The van der Waals surface area contributed by atoms with Crippen LogP contribution in [0.15, 0.2) is 24.3 Å². The van der Waals surface area contributed by atoms with Gasteiger partial charge in [0, 0.05) is 18.8 Å². The zero-order valence-corrected chi connectivity index (χ0v) is 11.6. The molecule has 104 valence electrons. The van der Waals surface area contributed by atoms with E-state index in [4.69, 9.17) is 5.73 Å². The third kappa shape index (κ3) is 3.96. The molecule has 1 fully saturated rings. The first-order valence-corrected chi connectivity index (χ1v) is 7.02. The minimum atomic E-state index is -0.151. The van der Waals surface area contributed by atoms with Crippen molar-refractivity contribution < 1.29 is 4.79 Å². The first-order valence-electron chi connectivity index (χ1n) is 7.02. The number of amides is 1. The van der Waals surface area contributed by atoms with E-state index in [-0.39, 0.29) is 11.8 Å². The Balaban J connectivity index is 1.78. The molecule has 0 radical (unpaired) electrons. The Bertz CT molecular complexity index is 427. The number of hydrogen-bond donors (Lipinski definition) is 2. The fourth-order valence-corrected chi connectivity index (χ4v) is 2.48. The van der Waals surface area contributed by atoms with E-state index >= 15 is 0 Å².